The maximum absolute atomic E-state index is 13.5. The number of nitrogens with one attached hydrogen (secondary N) is 1. The van der Waals surface area contributed by atoms with Gasteiger partial charge in [0.2, 0.25) is 10.0 Å². The summed E-state index contributed by atoms with van der Waals surface area (Å²) in [4.78, 5) is 25.4. The number of hydrogen-bond acceptors (Lipinski definition) is 7. The average Bonchev–Trinajstić information content (AvgIpc) is 3.19. The first kappa shape index (κ1) is 36.7. The minimum Gasteiger partial charge on any atom is -0.480 e. The lowest BCUT2D eigenvalue weighted by molar-refractivity contribution is -0.139. The van der Waals surface area contributed by atoms with Gasteiger partial charge in [-0.3, -0.25) is 4.79 Å². The van der Waals surface area contributed by atoms with E-state index in [0.717, 1.165) is 48.6 Å². The van der Waals surface area contributed by atoms with E-state index in [0.29, 0.717) is 18.0 Å². The van der Waals surface area contributed by atoms with Crippen molar-refractivity contribution < 1.29 is 36.3 Å². The van der Waals surface area contributed by atoms with Gasteiger partial charge in [0.05, 0.1) is 24.7 Å². The molecular weight excluding hydrogens is 617 g/mol. The van der Waals surface area contributed by atoms with Crippen molar-refractivity contribution in [3.05, 3.63) is 64.8 Å². The minimum atomic E-state index is -3.43. The van der Waals surface area contributed by atoms with Gasteiger partial charge in [-0.05, 0) is 66.5 Å². The first-order valence-electron chi connectivity index (χ1n) is 15.6. The van der Waals surface area contributed by atoms with Crippen LogP contribution in [0.15, 0.2) is 48.1 Å². The van der Waals surface area contributed by atoms with Gasteiger partial charge in [-0.2, -0.15) is 4.31 Å². The van der Waals surface area contributed by atoms with Crippen molar-refractivity contribution in [3.63, 3.8) is 0 Å². The third kappa shape index (κ3) is 11.8. The van der Waals surface area contributed by atoms with E-state index in [1.807, 2.05) is 44.2 Å². The van der Waals surface area contributed by atoms with Crippen molar-refractivity contribution in [2.45, 2.75) is 84.0 Å². The summed E-state index contributed by atoms with van der Waals surface area (Å²) in [6, 6.07) is 3.87. The zero-order chi connectivity index (χ0) is 33.2. The monoisotopic (exact) mass is 664 g/mol. The second-order valence-corrected chi connectivity index (χ2v) is 16.4. The van der Waals surface area contributed by atoms with Gasteiger partial charge in [0.1, 0.15) is 15.9 Å². The summed E-state index contributed by atoms with van der Waals surface area (Å²) in [7, 11) is -6.82. The number of sulfone groups is 1. The third-order valence-corrected chi connectivity index (χ3v) is 10.7. The SMILES string of the molecule is CCN(CC(CC1CCCCC1)OCc1ccc(C(=O)NC(CCS(C)(=O)=O)C(=O)O)c(C2=CC=CCC=C2C)c1)S(C)(=O)=O. The fraction of sp³-hybridized carbons (Fsp3) is 0.576. The Balaban J connectivity index is 1.91. The molecule has 1 aromatic rings. The van der Waals surface area contributed by atoms with E-state index in [-0.39, 0.29) is 37.0 Å². The highest BCUT2D eigenvalue weighted by Crippen LogP contribution is 2.31. The number of benzene rings is 1. The molecule has 3 rings (SSSR count). The Kier molecular flexibility index (Phi) is 13.6. The molecule has 0 aromatic heterocycles. The summed E-state index contributed by atoms with van der Waals surface area (Å²) >= 11 is 0. The topological polar surface area (TPSA) is 147 Å². The Morgan fingerprint density at radius 1 is 1.11 bits per heavy atom. The molecule has 2 aliphatic carbocycles. The standard InChI is InChI=1S/C33H48N2O8S2/c1-5-35(45(4,41)42)22-27(20-25-13-9-7-10-14-25)43-23-26-16-17-29(30(21-26)28-15-11-6-8-12-24(28)2)32(36)34-31(33(37)38)18-19-44(3,39)40/h6,11-12,15-17,21,25,27,31H,5,7-10,13-14,18-20,22-23H2,1-4H3,(H,34,36)(H,37,38). The van der Waals surface area contributed by atoms with Crippen molar-refractivity contribution >= 4 is 37.3 Å². The number of amides is 1. The minimum absolute atomic E-state index is 0.200. The number of carboxylic acids is 1. The van der Waals surface area contributed by atoms with Crippen LogP contribution in [0.5, 0.6) is 0 Å². The Bertz CT molecular complexity index is 1510. The molecule has 2 N–H and O–H groups in total. The van der Waals surface area contributed by atoms with Crippen LogP contribution in [0.2, 0.25) is 0 Å². The van der Waals surface area contributed by atoms with Crippen LogP contribution in [0.25, 0.3) is 5.57 Å². The molecule has 0 saturated heterocycles. The lowest BCUT2D eigenvalue weighted by Gasteiger charge is -2.30. The smallest absolute Gasteiger partial charge is 0.326 e. The van der Waals surface area contributed by atoms with E-state index in [1.165, 1.54) is 29.8 Å². The van der Waals surface area contributed by atoms with Crippen molar-refractivity contribution in [3.8, 4) is 0 Å². The van der Waals surface area contributed by atoms with Crippen LogP contribution in [0.3, 0.4) is 0 Å². The van der Waals surface area contributed by atoms with Gasteiger partial charge in [0.25, 0.3) is 5.91 Å². The predicted octanol–water partition coefficient (Wildman–Crippen LogP) is 4.73. The summed E-state index contributed by atoms with van der Waals surface area (Å²) in [6.45, 7) is 4.58. The van der Waals surface area contributed by atoms with Crippen LogP contribution in [0, 0.1) is 5.92 Å². The second-order valence-electron chi connectivity index (χ2n) is 12.2. The van der Waals surface area contributed by atoms with Crippen LogP contribution in [0.1, 0.15) is 86.7 Å². The fourth-order valence-corrected chi connectivity index (χ4v) is 7.46. The molecule has 1 fully saturated rings. The van der Waals surface area contributed by atoms with Crippen LogP contribution in [0.4, 0.5) is 0 Å². The summed E-state index contributed by atoms with van der Waals surface area (Å²) in [6.07, 6.45) is 16.8. The van der Waals surface area contributed by atoms with E-state index < -0.39 is 37.8 Å². The van der Waals surface area contributed by atoms with Crippen molar-refractivity contribution in [1.29, 1.82) is 0 Å². The Labute approximate surface area is 268 Å². The maximum atomic E-state index is 13.5. The van der Waals surface area contributed by atoms with Crippen molar-refractivity contribution in [2.24, 2.45) is 5.92 Å². The van der Waals surface area contributed by atoms with Gasteiger partial charge >= 0.3 is 5.97 Å². The molecule has 250 valence electrons. The maximum Gasteiger partial charge on any atom is 0.326 e. The predicted molar refractivity (Wildman–Crippen MR) is 177 cm³/mol. The molecule has 10 nitrogen and oxygen atoms in total. The number of sulfonamides is 1. The highest BCUT2D eigenvalue weighted by atomic mass is 32.2. The number of hydrogen-bond donors (Lipinski definition) is 2. The number of carboxylic acid groups (broad SMARTS) is 1. The van der Waals surface area contributed by atoms with Gasteiger partial charge in [-0.25, -0.2) is 21.6 Å². The average molecular weight is 665 g/mol. The molecule has 2 atom stereocenters. The molecule has 2 unspecified atom stereocenters. The molecule has 12 heteroatoms. The number of nitrogens with zero attached hydrogens (tertiary/aromatic N) is 1. The number of rotatable bonds is 16. The van der Waals surface area contributed by atoms with Crippen LogP contribution in [-0.4, -0.2) is 81.6 Å². The number of carbonyl (C=O) groups excluding carboxylic acids is 1. The molecule has 1 aromatic carbocycles. The van der Waals surface area contributed by atoms with E-state index in [2.05, 4.69) is 5.32 Å². The highest BCUT2D eigenvalue weighted by molar-refractivity contribution is 7.90. The lowest BCUT2D eigenvalue weighted by atomic mass is 9.85. The van der Waals surface area contributed by atoms with Gasteiger partial charge in [-0.15, -0.1) is 0 Å². The Morgan fingerprint density at radius 3 is 2.44 bits per heavy atom. The zero-order valence-electron chi connectivity index (χ0n) is 26.8. The van der Waals surface area contributed by atoms with E-state index >= 15 is 0 Å². The normalized spacial score (nSPS) is 17.7. The lowest BCUT2D eigenvalue weighted by Crippen LogP contribution is -2.42. The quantitative estimate of drug-likeness (QED) is 0.258. The van der Waals surface area contributed by atoms with Gasteiger partial charge in [-0.1, -0.05) is 69.4 Å². The molecule has 0 spiro atoms. The molecule has 0 bridgehead atoms. The van der Waals surface area contributed by atoms with Crippen LogP contribution in [-0.2, 0) is 36.0 Å². The Hall–Kier alpha value is -2.80. The highest BCUT2D eigenvalue weighted by Gasteiger charge is 2.27. The van der Waals surface area contributed by atoms with E-state index in [1.54, 1.807) is 12.1 Å². The largest absolute Gasteiger partial charge is 0.480 e. The van der Waals surface area contributed by atoms with Crippen molar-refractivity contribution in [1.82, 2.24) is 9.62 Å². The van der Waals surface area contributed by atoms with Gasteiger partial charge in [0.15, 0.2) is 0 Å². The molecule has 1 amide bonds. The molecule has 0 aliphatic heterocycles. The zero-order valence-corrected chi connectivity index (χ0v) is 28.5. The first-order chi connectivity index (χ1) is 21.2. The molecule has 45 heavy (non-hydrogen) atoms. The number of ether oxygens (including phenoxy) is 1. The Morgan fingerprint density at radius 2 is 1.82 bits per heavy atom. The van der Waals surface area contributed by atoms with Crippen LogP contribution >= 0.6 is 0 Å². The van der Waals surface area contributed by atoms with E-state index in [4.69, 9.17) is 4.74 Å². The molecule has 0 heterocycles. The second kappa shape index (κ2) is 16.7. The van der Waals surface area contributed by atoms with Crippen LogP contribution < -0.4 is 5.32 Å². The summed E-state index contributed by atoms with van der Waals surface area (Å²) in [5.41, 5.74) is 3.38. The van der Waals surface area contributed by atoms with Gasteiger partial charge < -0.3 is 15.2 Å². The summed E-state index contributed by atoms with van der Waals surface area (Å²) in [5.74, 6) is -1.83. The van der Waals surface area contributed by atoms with Gasteiger partial charge in [0, 0.05) is 24.9 Å². The number of allylic oxidation sites excluding steroid dienone is 6. The first-order valence-corrected chi connectivity index (χ1v) is 19.5. The number of aliphatic carboxylic acids is 1. The number of carbonyl (C=O) groups is 2. The number of likely N-dealkylation sites (N-methyl/N-ethyl adjacent to an activating group) is 1. The fourth-order valence-electron chi connectivity index (χ4n) is 5.89. The third-order valence-electron chi connectivity index (χ3n) is 8.42. The molecule has 1 saturated carbocycles. The molecule has 2 aliphatic rings. The van der Waals surface area contributed by atoms with Crippen molar-refractivity contribution in [2.75, 3.05) is 31.4 Å². The molecular formula is C33H48N2O8S2. The molecule has 0 radical (unpaired) electrons. The summed E-state index contributed by atoms with van der Waals surface area (Å²) in [5, 5.41) is 12.2. The van der Waals surface area contributed by atoms with E-state index in [9.17, 15) is 31.5 Å². The summed E-state index contributed by atoms with van der Waals surface area (Å²) < 4.78 is 56.0.